The van der Waals surface area contributed by atoms with Crippen LogP contribution in [0.4, 0.5) is 30.2 Å². The van der Waals surface area contributed by atoms with Crippen LogP contribution in [-0.4, -0.2) is 34.0 Å². The Labute approximate surface area is 158 Å². The minimum atomic E-state index is -4.97. The lowest BCUT2D eigenvalue weighted by Crippen LogP contribution is -2.27. The monoisotopic (exact) mass is 407 g/mol. The van der Waals surface area contributed by atoms with E-state index in [-0.39, 0.29) is 19.5 Å². The number of alkyl halides is 3. The summed E-state index contributed by atoms with van der Waals surface area (Å²) in [6.07, 6.45) is -3.40. The van der Waals surface area contributed by atoms with Gasteiger partial charge in [0.05, 0.1) is 15.4 Å². The van der Waals surface area contributed by atoms with Crippen molar-refractivity contribution in [3.05, 3.63) is 37.9 Å². The Morgan fingerprint density at radius 1 is 1.07 bits per heavy atom. The highest BCUT2D eigenvalue weighted by atomic mass is 19.4. The molecule has 1 N–H and O–H groups in total. The number of aliphatic carboxylic acids is 1. The van der Waals surface area contributed by atoms with Gasteiger partial charge >= 0.3 is 12.1 Å². The molecule has 0 saturated heterocycles. The number of carboxylic acids is 1. The van der Waals surface area contributed by atoms with E-state index in [9.17, 15) is 38.2 Å². The van der Waals surface area contributed by atoms with Gasteiger partial charge in [0.2, 0.25) is 0 Å². The molecule has 0 heterocycles. The summed E-state index contributed by atoms with van der Waals surface area (Å²) in [7, 11) is 0. The van der Waals surface area contributed by atoms with Gasteiger partial charge < -0.3 is 10.0 Å². The second kappa shape index (κ2) is 9.85. The van der Waals surface area contributed by atoms with E-state index in [0.29, 0.717) is 37.8 Å². The van der Waals surface area contributed by atoms with Gasteiger partial charge in [0.1, 0.15) is 0 Å². The molecular weight excluding hydrogens is 387 g/mol. The molecule has 0 bridgehead atoms. The highest BCUT2D eigenvalue weighted by Crippen LogP contribution is 2.43. The van der Waals surface area contributed by atoms with Crippen LogP contribution in [0.1, 0.15) is 44.6 Å². The largest absolute Gasteiger partial charge is 0.481 e. The molecule has 0 radical (unpaired) electrons. The lowest BCUT2D eigenvalue weighted by atomic mass is 10.1. The summed E-state index contributed by atoms with van der Waals surface area (Å²) in [5.41, 5.74) is -3.91. The van der Waals surface area contributed by atoms with E-state index < -0.39 is 44.6 Å². The number of nitro groups is 2. The number of unbranched alkanes of at least 4 members (excludes halogenated alkanes) is 2. The highest BCUT2D eigenvalue weighted by Gasteiger charge is 2.39. The Balaban J connectivity index is 3.32. The molecular formula is C16H20F3N3O6. The number of anilines is 1. The fourth-order valence-electron chi connectivity index (χ4n) is 2.73. The zero-order valence-corrected chi connectivity index (χ0v) is 15.1. The van der Waals surface area contributed by atoms with Crippen LogP contribution in [-0.2, 0) is 11.0 Å². The molecule has 9 nitrogen and oxygen atoms in total. The summed E-state index contributed by atoms with van der Waals surface area (Å²) >= 11 is 0. The molecule has 156 valence electrons. The number of benzene rings is 1. The molecule has 0 atom stereocenters. The Bertz CT molecular complexity index is 704. The third-order valence-electron chi connectivity index (χ3n) is 3.92. The summed E-state index contributed by atoms with van der Waals surface area (Å²) in [6, 6.07) is 0.602. The average Bonchev–Trinajstić information content (AvgIpc) is 2.58. The average molecular weight is 407 g/mol. The molecule has 28 heavy (non-hydrogen) atoms. The number of hydrogen-bond acceptors (Lipinski definition) is 6. The van der Waals surface area contributed by atoms with Crippen LogP contribution >= 0.6 is 0 Å². The molecule has 1 rings (SSSR count). The molecule has 12 heteroatoms. The second-order valence-corrected chi connectivity index (χ2v) is 6.07. The molecule has 0 aliphatic carbocycles. The van der Waals surface area contributed by atoms with Crippen LogP contribution in [0.3, 0.4) is 0 Å². The molecule has 0 aromatic heterocycles. The van der Waals surface area contributed by atoms with Crippen LogP contribution in [0.2, 0.25) is 0 Å². The lowest BCUT2D eigenvalue weighted by Gasteiger charge is -2.24. The number of carboxylic acid groups (broad SMARTS) is 1. The predicted molar refractivity (Wildman–Crippen MR) is 93.4 cm³/mol. The van der Waals surface area contributed by atoms with Crippen LogP contribution in [0.25, 0.3) is 0 Å². The number of halogens is 3. The van der Waals surface area contributed by atoms with Gasteiger partial charge in [-0.1, -0.05) is 13.3 Å². The maximum atomic E-state index is 13.0. The van der Waals surface area contributed by atoms with Crippen molar-refractivity contribution in [1.29, 1.82) is 0 Å². The lowest BCUT2D eigenvalue weighted by molar-refractivity contribution is -0.393. The number of nitro benzene ring substituents is 2. The fourth-order valence-corrected chi connectivity index (χ4v) is 2.73. The molecule has 0 aliphatic heterocycles. The summed E-state index contributed by atoms with van der Waals surface area (Å²) in [6.45, 7) is 1.99. The van der Waals surface area contributed by atoms with Crippen molar-refractivity contribution in [3.8, 4) is 0 Å². The fraction of sp³-hybridized carbons (Fsp3) is 0.562. The molecule has 0 saturated carbocycles. The van der Waals surface area contributed by atoms with Gasteiger partial charge in [-0.15, -0.1) is 0 Å². The van der Waals surface area contributed by atoms with Gasteiger partial charge in [-0.25, -0.2) is 0 Å². The van der Waals surface area contributed by atoms with E-state index in [1.165, 1.54) is 4.90 Å². The quantitative estimate of drug-likeness (QED) is 0.327. The van der Waals surface area contributed by atoms with E-state index in [4.69, 9.17) is 5.11 Å². The van der Waals surface area contributed by atoms with Gasteiger partial charge in [0.15, 0.2) is 5.69 Å². The van der Waals surface area contributed by atoms with Crippen molar-refractivity contribution in [2.24, 2.45) is 0 Å². The normalized spacial score (nSPS) is 11.3. The van der Waals surface area contributed by atoms with Crippen molar-refractivity contribution in [2.75, 3.05) is 18.0 Å². The summed E-state index contributed by atoms with van der Waals surface area (Å²) < 4.78 is 39.0. The second-order valence-electron chi connectivity index (χ2n) is 6.07. The van der Waals surface area contributed by atoms with Crippen molar-refractivity contribution in [1.82, 2.24) is 0 Å². The SMILES string of the molecule is CCCN(CCCCCC(=O)O)c1c([N+](=O)[O-])cc(C(F)(F)F)cc1[N+](=O)[O-]. The van der Waals surface area contributed by atoms with Gasteiger partial charge in [0, 0.05) is 31.6 Å². The van der Waals surface area contributed by atoms with Gasteiger partial charge in [-0.3, -0.25) is 25.0 Å². The molecule has 1 aromatic carbocycles. The first-order chi connectivity index (χ1) is 13.0. The summed E-state index contributed by atoms with van der Waals surface area (Å²) in [5.74, 6) is -0.973. The molecule has 1 aromatic rings. The van der Waals surface area contributed by atoms with Crippen molar-refractivity contribution < 1.29 is 32.9 Å². The smallest absolute Gasteiger partial charge is 0.416 e. The van der Waals surface area contributed by atoms with Gasteiger partial charge in [0.25, 0.3) is 11.4 Å². The molecule has 0 unspecified atom stereocenters. The van der Waals surface area contributed by atoms with E-state index in [2.05, 4.69) is 0 Å². The zero-order valence-electron chi connectivity index (χ0n) is 15.1. The summed E-state index contributed by atoms with van der Waals surface area (Å²) in [5, 5.41) is 31.3. The first kappa shape index (κ1) is 23.1. The van der Waals surface area contributed by atoms with Crippen LogP contribution in [0.15, 0.2) is 12.1 Å². The van der Waals surface area contributed by atoms with Crippen LogP contribution < -0.4 is 4.90 Å². The zero-order chi connectivity index (χ0) is 21.5. The van der Waals surface area contributed by atoms with Crippen LogP contribution in [0.5, 0.6) is 0 Å². The Hall–Kier alpha value is -2.92. The Kier molecular flexibility index (Phi) is 8.14. The number of hydrogen-bond donors (Lipinski definition) is 1. The van der Waals surface area contributed by atoms with Crippen LogP contribution in [0, 0.1) is 20.2 Å². The third kappa shape index (κ3) is 6.35. The molecule has 0 aliphatic rings. The minimum Gasteiger partial charge on any atom is -0.481 e. The first-order valence-corrected chi connectivity index (χ1v) is 8.49. The molecule has 0 amide bonds. The molecule has 0 fully saturated rings. The maximum Gasteiger partial charge on any atom is 0.416 e. The van der Waals surface area contributed by atoms with E-state index in [0.717, 1.165) is 0 Å². The van der Waals surface area contributed by atoms with Crippen molar-refractivity contribution >= 4 is 23.0 Å². The predicted octanol–water partition coefficient (Wildman–Crippen LogP) is 4.38. The standard InChI is InChI=1S/C16H20F3N3O6/c1-2-7-20(8-5-3-4-6-14(23)24)15-12(21(25)26)9-11(16(17,18)19)10-13(15)22(27)28/h9-10H,2-8H2,1H3,(H,23,24). The first-order valence-electron chi connectivity index (χ1n) is 8.49. The topological polar surface area (TPSA) is 127 Å². The summed E-state index contributed by atoms with van der Waals surface area (Å²) in [4.78, 5) is 32.4. The van der Waals surface area contributed by atoms with E-state index >= 15 is 0 Å². The van der Waals surface area contributed by atoms with E-state index in [1.54, 1.807) is 6.92 Å². The number of carbonyl (C=O) groups is 1. The number of nitrogens with zero attached hydrogens (tertiary/aromatic N) is 3. The van der Waals surface area contributed by atoms with Gasteiger partial charge in [-0.05, 0) is 19.3 Å². The highest BCUT2D eigenvalue weighted by molar-refractivity contribution is 5.76. The Morgan fingerprint density at radius 2 is 1.61 bits per heavy atom. The number of rotatable bonds is 11. The van der Waals surface area contributed by atoms with Gasteiger partial charge in [-0.2, -0.15) is 13.2 Å². The van der Waals surface area contributed by atoms with Crippen molar-refractivity contribution in [3.63, 3.8) is 0 Å². The maximum absolute atomic E-state index is 13.0. The van der Waals surface area contributed by atoms with Crippen molar-refractivity contribution in [2.45, 2.75) is 45.2 Å². The minimum absolute atomic E-state index is 0.0612. The molecule has 0 spiro atoms. The third-order valence-corrected chi connectivity index (χ3v) is 3.92. The van der Waals surface area contributed by atoms with E-state index in [1.807, 2.05) is 0 Å². The Morgan fingerprint density at radius 3 is 2.00 bits per heavy atom.